The molecule has 0 radical (unpaired) electrons. The molecular weight excluding hydrogens is 1940 g/mol. The molecule has 0 bridgehead atoms. The van der Waals surface area contributed by atoms with Gasteiger partial charge in [0, 0.05) is 112 Å². The molecule has 0 amide bonds. The Balaban J connectivity index is 0.000000360. The Labute approximate surface area is 884 Å². The third kappa shape index (κ3) is 49.6. The second-order valence-corrected chi connectivity index (χ2v) is 36.5. The maximum Gasteiger partial charge on any atom is 0.494 e. The summed E-state index contributed by atoms with van der Waals surface area (Å²) in [4.78, 5) is 0. The van der Waals surface area contributed by atoms with E-state index in [2.05, 4.69) is 13.8 Å². The smallest absolute Gasteiger partial charge is 0.423 e. The van der Waals surface area contributed by atoms with Gasteiger partial charge in [-0.15, -0.1) is 0 Å². The first-order chi connectivity index (χ1) is 69.5. The van der Waals surface area contributed by atoms with Crippen LogP contribution in [0.4, 0.5) is 30.7 Å². The minimum absolute atomic E-state index is 0. The Morgan fingerprint density at radius 2 is 0.577 bits per heavy atom. The maximum atomic E-state index is 13.7. The fourth-order valence-corrected chi connectivity index (χ4v) is 16.0. The van der Waals surface area contributed by atoms with Crippen LogP contribution in [0.3, 0.4) is 0 Å². The molecule has 8 aliphatic heterocycles. The van der Waals surface area contributed by atoms with Crippen molar-refractivity contribution in [2.24, 2.45) is 5.41 Å². The van der Waals surface area contributed by atoms with Gasteiger partial charge in [-0.25, -0.2) is 30.7 Å². The van der Waals surface area contributed by atoms with E-state index in [0.29, 0.717) is 94.8 Å². The summed E-state index contributed by atoms with van der Waals surface area (Å²) >= 11 is 0. The van der Waals surface area contributed by atoms with Crippen LogP contribution in [0.25, 0.3) is 0 Å². The van der Waals surface area contributed by atoms with E-state index in [9.17, 15) is 45.8 Å². The monoisotopic (exact) mass is 2110 g/mol. The summed E-state index contributed by atoms with van der Waals surface area (Å²) in [5, 5.41) is 28.1. The molecule has 28 nitrogen and oxygen atoms in total. The average molecular weight is 2110 g/mol. The zero-order valence-corrected chi connectivity index (χ0v) is 85.7. The van der Waals surface area contributed by atoms with E-state index in [1.54, 1.807) is 44.6 Å². The van der Waals surface area contributed by atoms with E-state index in [1.807, 2.05) is 55.4 Å². The molecule has 7 aromatic rings. The van der Waals surface area contributed by atoms with Crippen LogP contribution < -0.4 is 38.2 Å². The van der Waals surface area contributed by atoms with Gasteiger partial charge in [0.05, 0.1) is 59.5 Å². The largest absolute Gasteiger partial charge is 0.494 e. The van der Waals surface area contributed by atoms with Crippen molar-refractivity contribution in [3.63, 3.8) is 0 Å². The molecule has 8 saturated heterocycles. The van der Waals surface area contributed by atoms with Crippen LogP contribution in [0, 0.1) is 46.1 Å². The molecule has 8 heterocycles. The van der Waals surface area contributed by atoms with Crippen molar-refractivity contribution in [2.75, 3.05) is 107 Å². The van der Waals surface area contributed by atoms with Crippen molar-refractivity contribution >= 4 is 88.1 Å². The Hall–Kier alpha value is -6.62. The molecule has 7 aromatic carbocycles. The van der Waals surface area contributed by atoms with Crippen molar-refractivity contribution in [1.29, 1.82) is 0 Å². The predicted octanol–water partition coefficient (Wildman–Crippen LogP) is 16.6. The van der Waals surface area contributed by atoms with E-state index in [4.69, 9.17) is 118 Å². The lowest BCUT2D eigenvalue weighted by Crippen LogP contribution is -2.48. The van der Waals surface area contributed by atoms with Gasteiger partial charge in [0.15, 0.2) is 44.0 Å². The topological polar surface area (TPSA) is 291 Å². The highest BCUT2D eigenvalue weighted by Crippen LogP contribution is 2.27. The number of rotatable bonds is 39. The molecule has 0 aromatic heterocycles. The molecule has 149 heavy (non-hydrogen) atoms. The van der Waals surface area contributed by atoms with Crippen LogP contribution in [0.5, 0.6) is 0 Å². The molecule has 8 aliphatic rings. The van der Waals surface area contributed by atoms with Gasteiger partial charge < -0.3 is 133 Å². The van der Waals surface area contributed by atoms with E-state index < -0.39 is 55.6 Å². The van der Waals surface area contributed by atoms with Crippen molar-refractivity contribution in [1.82, 2.24) is 0 Å². The summed E-state index contributed by atoms with van der Waals surface area (Å²) in [6.07, 6.45) is 15.1. The van der Waals surface area contributed by atoms with Gasteiger partial charge in [0.2, 0.25) is 0 Å². The Morgan fingerprint density at radius 3 is 0.872 bits per heavy atom. The first kappa shape index (κ1) is 135. The fourth-order valence-electron chi connectivity index (χ4n) is 16.0. The minimum Gasteiger partial charge on any atom is -0.423 e. The Morgan fingerprint density at radius 1 is 0.315 bits per heavy atom. The molecule has 0 saturated carbocycles. The minimum atomic E-state index is -1.63. The maximum absolute atomic E-state index is 13.7. The van der Waals surface area contributed by atoms with Crippen LogP contribution in [-0.4, -0.2) is 228 Å². The molecule has 3 N–H and O–H groups in total. The lowest BCUT2D eigenvalue weighted by molar-refractivity contribution is -0.169. The van der Waals surface area contributed by atoms with Crippen LogP contribution in [0.2, 0.25) is 0 Å². The third-order valence-electron chi connectivity index (χ3n) is 23.5. The quantitative estimate of drug-likeness (QED) is 0.0183. The number of halogens is 7. The summed E-state index contributed by atoms with van der Waals surface area (Å²) in [5.41, 5.74) is 9.45. The van der Waals surface area contributed by atoms with Gasteiger partial charge in [-0.1, -0.05) is 93.4 Å². The highest BCUT2D eigenvalue weighted by Gasteiger charge is 2.37. The molecule has 0 aliphatic carbocycles. The van der Waals surface area contributed by atoms with E-state index in [1.165, 1.54) is 104 Å². The first-order valence-electron chi connectivity index (χ1n) is 50.2. The Kier molecular flexibility index (Phi) is 67.3. The van der Waals surface area contributed by atoms with E-state index in [-0.39, 0.29) is 179 Å². The van der Waals surface area contributed by atoms with Gasteiger partial charge in [-0.3, -0.25) is 0 Å². The summed E-state index contributed by atoms with van der Waals surface area (Å²) in [5.74, 6) is -2.28. The predicted molar refractivity (Wildman–Crippen MR) is 569 cm³/mol. The van der Waals surface area contributed by atoms with Crippen LogP contribution in [-0.2, 0) is 164 Å². The van der Waals surface area contributed by atoms with E-state index >= 15 is 0 Å². The number of hydrogen-bond donors (Lipinski definition) is 3. The van der Waals surface area contributed by atoms with Gasteiger partial charge in [0.1, 0.15) is 40.7 Å². The van der Waals surface area contributed by atoms with Crippen molar-refractivity contribution in [3.8, 4) is 0 Å². The first-order valence-corrected chi connectivity index (χ1v) is 50.2. The van der Waals surface area contributed by atoms with Gasteiger partial charge >= 0.3 is 49.8 Å². The zero-order chi connectivity index (χ0) is 104. The molecule has 42 heteroatoms. The fraction of sp³-hybridized carbons (Fsp3) is 0.607. The third-order valence-corrected chi connectivity index (χ3v) is 23.5. The second kappa shape index (κ2) is 74.5. The summed E-state index contributed by atoms with van der Waals surface area (Å²) in [6.45, 7) is 29.4. The second-order valence-electron chi connectivity index (χ2n) is 36.5. The average Bonchev–Trinajstić information content (AvgIpc) is 1.81. The summed E-state index contributed by atoms with van der Waals surface area (Å²) < 4.78 is 233. The lowest BCUT2D eigenvalue weighted by atomic mass is 9.73. The van der Waals surface area contributed by atoms with Gasteiger partial charge in [0.25, 0.3) is 0 Å². The molecule has 0 spiro atoms. The number of benzene rings is 7. The normalized spacial score (nSPS) is 18.8. The molecule has 832 valence electrons. The lowest BCUT2D eigenvalue weighted by Gasteiger charge is -2.33. The van der Waals surface area contributed by atoms with Crippen molar-refractivity contribution in [3.05, 3.63) is 207 Å². The summed E-state index contributed by atoms with van der Waals surface area (Å²) in [6, 6.07) is 30.8. The molecule has 8 fully saturated rings. The van der Waals surface area contributed by atoms with E-state index in [0.717, 1.165) is 179 Å². The van der Waals surface area contributed by atoms with Crippen LogP contribution in [0.15, 0.2) is 127 Å². The van der Waals surface area contributed by atoms with Crippen LogP contribution in [0.1, 0.15) is 254 Å². The van der Waals surface area contributed by atoms with Crippen molar-refractivity contribution in [2.45, 2.75) is 318 Å². The molecule has 15 rings (SSSR count). The SMILES string of the molecule is C.C.C.C.C.CC(C)OB(OC(C)C)c1ccc(F)cc1COC1CCCCO1.CCOC(C)OCc1cc(F)ccc1B1OCC(C)(C)CO1.CCOC(C)OCc1cc(F)ccc1B1OCCCCO1.COB(O)c1ccc(F)cc1COC1CCCCO1.COB(OC)c1ccc(F)cc1COC1CCCCO1.Fc1ccc(B2OCCO2)c(COC2CCCCO2)c1.OB(O)c1ccc(F)cc1COC1CCCCO1. The van der Waals surface area contributed by atoms with Crippen LogP contribution >= 0.6 is 0 Å². The highest BCUT2D eigenvalue weighted by molar-refractivity contribution is 6.64. The number of hydrogen-bond acceptors (Lipinski definition) is 28. The molecule has 7 unspecified atom stereocenters. The number of ether oxygens (including phenoxy) is 14. The van der Waals surface area contributed by atoms with Gasteiger partial charge in [-0.05, 0) is 327 Å². The van der Waals surface area contributed by atoms with Crippen molar-refractivity contribution < 1.29 is 163 Å². The summed E-state index contributed by atoms with van der Waals surface area (Å²) in [7, 11) is -0.632. The molecular formula is C107H166B7F7O28. The zero-order valence-electron chi connectivity index (χ0n) is 85.7. The standard InChI is InChI=1S/C18H28BFO4.C16H24BFO4.C15H22BFO4.C14H18BFO4.C14H20BFO4.C13H18BFO4.C12H16BFO4.5CH4/c1-13(2)23-19(24-14(3)4)17-9-8-16(20)11-15(17)12-22-18-7-5-6-10-21-18;1-5-19-12(2)20-9-13-8-14(18)6-7-15(13)17-21-10-16(3,4)11-22-17;1-3-18-12(2)19-11-13-10-14(17)6-7-15(13)16-20-8-4-5-9-21-16;16-12-4-5-13(15-19-7-8-20-15)11(9-12)10-18-14-3-1-2-6-17-14;1-17-15(18-2)13-7-6-12(16)9-11(13)10-20-14-5-3-4-8-19-14;1-17-14(16)12-6-5-11(15)8-10(12)9-19-13-4-2-3-7-18-13;14-10-4-5-11(13(15)16)9(7-10)8-18-12-3-1-2-6-17-12;;;;;/h8-9,11,13-14,18H,5-7,10,12H2,1-4H3;6-8,12H,5,9-11H2,1-4H3;6-7,10,12H,3-5,8-9,11H2,1-2H3;4-5,9,14H,1-3,6-8,10H2;6-7,9,14H,3-5,8,10H2,1-2H3;5-6,8,13,16H,2-4,7,9H2,1H3;4-5,7,12,15-16H,1-3,6,8H2;5*1H4. The molecule has 7 atom stereocenters. The van der Waals surface area contributed by atoms with Gasteiger partial charge in [-0.2, -0.15) is 0 Å². The highest BCUT2D eigenvalue weighted by atomic mass is 19.2. The Bertz CT molecular complexity index is 4640.